The third kappa shape index (κ3) is 64.3. The first-order chi connectivity index (χ1) is 33.3. The lowest BCUT2D eigenvalue weighted by Crippen LogP contribution is -2.16. The maximum atomic E-state index is 10.4. The van der Waals surface area contributed by atoms with Gasteiger partial charge >= 0.3 is 5.97 Å². The third-order valence-electron chi connectivity index (χ3n) is 7.88. The van der Waals surface area contributed by atoms with Gasteiger partial charge in [-0.3, -0.25) is 4.79 Å². The number of carboxylic acid groups (broad SMARTS) is 1. The second-order valence-corrected chi connectivity index (χ2v) is 13.3. The Labute approximate surface area is 398 Å². The van der Waals surface area contributed by atoms with Gasteiger partial charge in [0.2, 0.25) is 0 Å². The molecule has 0 aromatic carbocycles. The third-order valence-corrected chi connectivity index (χ3v) is 7.88. The van der Waals surface area contributed by atoms with Gasteiger partial charge < -0.3 is 99.8 Å². The van der Waals surface area contributed by atoms with Crippen LogP contribution in [-0.4, -0.2) is 282 Å². The largest absolute Gasteiger partial charge is 0.481 e. The lowest BCUT2D eigenvalue weighted by molar-refractivity contribution is -0.138. The second kappa shape index (κ2) is 62.3. The predicted molar refractivity (Wildman–Crippen MR) is 239 cm³/mol. The first-order valence-corrected chi connectivity index (χ1v) is 23.4. The molecule has 0 aliphatic rings. The van der Waals surface area contributed by atoms with Crippen LogP contribution in [0.3, 0.4) is 0 Å². The van der Waals surface area contributed by atoms with Gasteiger partial charge in [-0.25, -0.2) is 5.53 Å². The van der Waals surface area contributed by atoms with Crippen LogP contribution in [0, 0.1) is 5.53 Å². The Morgan fingerprint density at radius 3 is 0.478 bits per heavy atom. The number of nitrogens with one attached hydrogen (secondary N) is 1. The van der Waals surface area contributed by atoms with Crippen molar-refractivity contribution < 1.29 is 105 Å². The number of carbonyl (C=O) groups is 1. The molecule has 0 amide bonds. The first kappa shape index (κ1) is 65.3. The van der Waals surface area contributed by atoms with E-state index in [0.717, 1.165) is 0 Å². The van der Waals surface area contributed by atoms with Gasteiger partial charge in [0.15, 0.2) is 0 Å². The summed E-state index contributed by atoms with van der Waals surface area (Å²) in [6.45, 7) is 19.1. The van der Waals surface area contributed by atoms with Crippen molar-refractivity contribution in [2.45, 2.75) is 6.42 Å². The van der Waals surface area contributed by atoms with Gasteiger partial charge in [-0.05, 0) is 0 Å². The normalized spacial score (nSPS) is 11.6. The highest BCUT2D eigenvalue weighted by molar-refractivity contribution is 5.66. The van der Waals surface area contributed by atoms with Crippen LogP contribution in [0.5, 0.6) is 0 Å². The molecule has 24 heteroatoms. The molecule has 0 rings (SSSR count). The summed E-state index contributed by atoms with van der Waals surface area (Å²) in [6.07, 6.45) is -0.00871. The van der Waals surface area contributed by atoms with Gasteiger partial charge in [0.25, 0.3) is 0 Å². The number of rotatable bonds is 63. The van der Waals surface area contributed by atoms with Crippen LogP contribution in [0.1, 0.15) is 6.42 Å². The molecular weight excluding hydrogens is 896 g/mol. The summed E-state index contributed by atoms with van der Waals surface area (Å²) in [7, 11) is 0. The van der Waals surface area contributed by atoms with E-state index in [1.165, 1.54) is 0 Å². The van der Waals surface area contributed by atoms with Crippen LogP contribution < -0.4 is 0 Å². The van der Waals surface area contributed by atoms with E-state index in [9.17, 15) is 4.79 Å². The van der Waals surface area contributed by atoms with E-state index in [-0.39, 0.29) is 13.0 Å². The molecule has 67 heavy (non-hydrogen) atoms. The summed E-state index contributed by atoms with van der Waals surface area (Å²) in [5.41, 5.74) is 6.66. The minimum absolute atomic E-state index is 0.00871. The molecule has 24 nitrogen and oxygen atoms in total. The maximum absolute atomic E-state index is 10.4. The predicted octanol–water partition coefficient (Wildman–Crippen LogP) is 0.824. The molecule has 400 valence electrons. The second-order valence-electron chi connectivity index (χ2n) is 13.3. The molecule has 0 aliphatic heterocycles. The molecule has 0 fully saturated rings. The smallest absolute Gasteiger partial charge is 0.305 e. The van der Waals surface area contributed by atoms with Gasteiger partial charge in [0.1, 0.15) is 0 Å². The van der Waals surface area contributed by atoms with Crippen LogP contribution in [-0.2, 0) is 99.5 Å². The van der Waals surface area contributed by atoms with Crippen molar-refractivity contribution in [3.05, 3.63) is 0 Å². The topological polar surface area (TPSA) is 258 Å². The van der Waals surface area contributed by atoms with Crippen LogP contribution in [0.4, 0.5) is 0 Å². The molecule has 0 unspecified atom stereocenters. The Morgan fingerprint density at radius 2 is 0.358 bits per heavy atom. The van der Waals surface area contributed by atoms with Gasteiger partial charge in [0.05, 0.1) is 277 Å². The highest BCUT2D eigenvalue weighted by atomic mass is 16.6. The molecule has 0 heterocycles. The highest BCUT2D eigenvalue weighted by Crippen LogP contribution is 1.90. The van der Waals surface area contributed by atoms with Crippen molar-refractivity contribution in [1.82, 2.24) is 0 Å². The average Bonchev–Trinajstić information content (AvgIpc) is 3.33. The number of ether oxygens (including phenoxy) is 20. The fraction of sp³-hybridized carbons (Fsp3) is 0.977. The van der Waals surface area contributed by atoms with Crippen LogP contribution in [0.15, 0.2) is 5.11 Å². The summed E-state index contributed by atoms with van der Waals surface area (Å²) in [4.78, 5) is 10.4. The molecule has 0 radical (unpaired) electrons. The number of hydrogen-bond donors (Lipinski definition) is 2. The zero-order chi connectivity index (χ0) is 48.1. The molecule has 0 saturated carbocycles. The van der Waals surface area contributed by atoms with E-state index in [0.29, 0.717) is 264 Å². The Bertz CT molecular complexity index is 940. The standard InChI is InChI=1S/C43H86N2O22/c44-45-2-4-49-6-8-51-10-12-53-14-16-55-18-20-57-22-24-59-26-28-61-30-32-63-34-36-65-38-40-67-42-41-66-39-37-64-35-33-62-31-29-60-27-25-58-23-21-56-19-17-54-15-13-52-11-9-50-7-5-48-3-1-43(46)47/h44H,1-42H2,(H,46,47). The molecule has 0 atom stereocenters. The van der Waals surface area contributed by atoms with E-state index in [1.54, 1.807) is 0 Å². The molecule has 0 saturated heterocycles. The van der Waals surface area contributed by atoms with Gasteiger partial charge in [-0.15, -0.1) is 0 Å². The summed E-state index contributed by atoms with van der Waals surface area (Å²) in [6, 6.07) is 0. The zero-order valence-corrected chi connectivity index (χ0v) is 40.2. The van der Waals surface area contributed by atoms with Gasteiger partial charge in [-0.2, -0.15) is 5.11 Å². The van der Waals surface area contributed by atoms with Crippen LogP contribution in [0.25, 0.3) is 0 Å². The maximum Gasteiger partial charge on any atom is 0.305 e. The fourth-order valence-corrected chi connectivity index (χ4v) is 4.55. The summed E-state index contributed by atoms with van der Waals surface area (Å²) in [5.74, 6) is -0.879. The van der Waals surface area contributed by atoms with E-state index in [2.05, 4.69) is 5.11 Å². The minimum Gasteiger partial charge on any atom is -0.481 e. The minimum atomic E-state index is -0.879. The van der Waals surface area contributed by atoms with Crippen molar-refractivity contribution in [1.29, 1.82) is 5.53 Å². The van der Waals surface area contributed by atoms with E-state index in [4.69, 9.17) is 105 Å². The van der Waals surface area contributed by atoms with Crippen molar-refractivity contribution in [2.75, 3.05) is 271 Å². The number of hydrogen-bond acceptors (Lipinski definition) is 23. The molecule has 0 aromatic rings. The number of aliphatic carboxylic acids is 1. The van der Waals surface area contributed by atoms with Crippen molar-refractivity contribution in [3.8, 4) is 0 Å². The van der Waals surface area contributed by atoms with E-state index in [1.807, 2.05) is 0 Å². The summed E-state index contributed by atoms with van der Waals surface area (Å²) < 4.78 is 109. The zero-order valence-electron chi connectivity index (χ0n) is 40.2. The van der Waals surface area contributed by atoms with E-state index >= 15 is 0 Å². The fourth-order valence-electron chi connectivity index (χ4n) is 4.55. The highest BCUT2D eigenvalue weighted by Gasteiger charge is 2.00. The van der Waals surface area contributed by atoms with E-state index < -0.39 is 5.97 Å². The molecule has 0 aliphatic carbocycles. The Morgan fingerprint density at radius 1 is 0.239 bits per heavy atom. The molecule has 2 N–H and O–H groups in total. The SMILES string of the molecule is N=NCCOCCOCCOCCOCCOCCOCCOCCOCCOCCOCCOCCOCCOCCOCCOCCOCCOCCOCCOCCOCCC(=O)O. The lowest BCUT2D eigenvalue weighted by Gasteiger charge is -2.09. The Hall–Kier alpha value is -1.73. The number of carboxylic acids is 1. The van der Waals surface area contributed by atoms with Crippen molar-refractivity contribution in [3.63, 3.8) is 0 Å². The molecule has 0 spiro atoms. The number of nitrogens with zero attached hydrogens (tertiary/aromatic N) is 1. The Kier molecular flexibility index (Phi) is 60.7. The van der Waals surface area contributed by atoms with Crippen LogP contribution >= 0.6 is 0 Å². The summed E-state index contributed by atoms with van der Waals surface area (Å²) in [5, 5.41) is 11.7. The van der Waals surface area contributed by atoms with Gasteiger partial charge in [0, 0.05) is 0 Å². The van der Waals surface area contributed by atoms with Gasteiger partial charge in [-0.1, -0.05) is 0 Å². The molecule has 0 aromatic heterocycles. The molecular formula is C43H86N2O22. The lowest BCUT2D eigenvalue weighted by atomic mass is 10.5. The first-order valence-electron chi connectivity index (χ1n) is 23.4. The van der Waals surface area contributed by atoms with Crippen molar-refractivity contribution >= 4 is 5.97 Å². The Balaban J connectivity index is 3.07. The summed E-state index contributed by atoms with van der Waals surface area (Å²) >= 11 is 0. The van der Waals surface area contributed by atoms with Crippen LogP contribution in [0.2, 0.25) is 0 Å². The molecule has 0 bridgehead atoms. The average molecular weight is 983 g/mol. The van der Waals surface area contributed by atoms with Crippen molar-refractivity contribution in [2.24, 2.45) is 5.11 Å². The quantitative estimate of drug-likeness (QED) is 0.0632. The monoisotopic (exact) mass is 983 g/mol.